The molecule has 1 aliphatic rings. The number of ether oxygens (including phenoxy) is 1. The number of hydrogen-bond donors (Lipinski definition) is 1. The number of aldehydes is 1. The van der Waals surface area contributed by atoms with Crippen LogP contribution in [0.25, 0.3) is 0 Å². The highest BCUT2D eigenvalue weighted by Crippen LogP contribution is 2.30. The molecule has 0 spiro atoms. The van der Waals surface area contributed by atoms with Gasteiger partial charge in [0.15, 0.2) is 6.29 Å². The van der Waals surface area contributed by atoms with Crippen LogP contribution in [0.5, 0.6) is 5.75 Å². The fourth-order valence-electron chi connectivity index (χ4n) is 1.70. The third-order valence-electron chi connectivity index (χ3n) is 2.52. The highest BCUT2D eigenvalue weighted by molar-refractivity contribution is 5.83. The summed E-state index contributed by atoms with van der Waals surface area (Å²) in [7, 11) is 0. The number of phenolic OH excluding ortho intramolecular Hbond substituents is 1. The normalized spacial score (nSPS) is 16.4. The van der Waals surface area contributed by atoms with Crippen LogP contribution in [0.2, 0.25) is 0 Å². The lowest BCUT2D eigenvalue weighted by molar-refractivity contribution is 0.112. The fraction of sp³-hybridized carbons (Fsp3) is 0.364. The summed E-state index contributed by atoms with van der Waals surface area (Å²) >= 11 is 0. The van der Waals surface area contributed by atoms with Gasteiger partial charge in [-0.1, -0.05) is 6.07 Å². The summed E-state index contributed by atoms with van der Waals surface area (Å²) in [6.45, 7) is 2.81. The Bertz CT molecular complexity index is 359. The average Bonchev–Trinajstić information content (AvgIpc) is 2.30. The number of rotatable bonds is 2. The molecule has 0 bridgehead atoms. The van der Waals surface area contributed by atoms with Gasteiger partial charge in [-0.25, -0.2) is 0 Å². The minimum absolute atomic E-state index is 0.0643. The zero-order chi connectivity index (χ0) is 10.7. The quantitative estimate of drug-likeness (QED) is 0.736. The Hall–Kier alpha value is -1.55. The lowest BCUT2D eigenvalue weighted by Gasteiger charge is -2.29. The molecule has 2 rings (SSSR count). The van der Waals surface area contributed by atoms with Crippen molar-refractivity contribution in [2.24, 2.45) is 0 Å². The summed E-state index contributed by atoms with van der Waals surface area (Å²) in [6, 6.07) is 5.19. The van der Waals surface area contributed by atoms with Crippen LogP contribution in [0.15, 0.2) is 18.2 Å². The summed E-state index contributed by atoms with van der Waals surface area (Å²) in [5.41, 5.74) is 1.04. The SMILES string of the molecule is O=Cc1cccc(N2CCOCC2)c1O. The Labute approximate surface area is 88.1 Å². The standard InChI is InChI=1S/C11H13NO3/c13-8-9-2-1-3-10(11(9)14)12-4-6-15-7-5-12/h1-3,8,14H,4-7H2. The van der Waals surface area contributed by atoms with Gasteiger partial charge in [0.05, 0.1) is 24.5 Å². The molecule has 0 amide bonds. The molecule has 0 aromatic heterocycles. The number of para-hydroxylation sites is 1. The van der Waals surface area contributed by atoms with E-state index in [1.165, 1.54) is 0 Å². The van der Waals surface area contributed by atoms with Crippen LogP contribution >= 0.6 is 0 Å². The van der Waals surface area contributed by atoms with Gasteiger partial charge in [0.25, 0.3) is 0 Å². The molecule has 1 aromatic rings. The minimum Gasteiger partial charge on any atom is -0.505 e. The minimum atomic E-state index is 0.0643. The van der Waals surface area contributed by atoms with Crippen LogP contribution < -0.4 is 4.90 Å². The molecule has 4 heteroatoms. The second-order valence-corrected chi connectivity index (χ2v) is 3.43. The summed E-state index contributed by atoms with van der Waals surface area (Å²) < 4.78 is 5.22. The Kier molecular flexibility index (Phi) is 2.87. The number of aromatic hydroxyl groups is 1. The van der Waals surface area contributed by atoms with Crippen LogP contribution in [0, 0.1) is 0 Å². The van der Waals surface area contributed by atoms with Crippen molar-refractivity contribution in [3.8, 4) is 5.75 Å². The van der Waals surface area contributed by atoms with E-state index in [0.29, 0.717) is 30.8 Å². The molecule has 4 nitrogen and oxygen atoms in total. The molecule has 1 heterocycles. The predicted octanol–water partition coefficient (Wildman–Crippen LogP) is 1.04. The van der Waals surface area contributed by atoms with E-state index in [-0.39, 0.29) is 5.75 Å². The van der Waals surface area contributed by atoms with E-state index < -0.39 is 0 Å². The van der Waals surface area contributed by atoms with E-state index >= 15 is 0 Å². The molecular weight excluding hydrogens is 194 g/mol. The Balaban J connectivity index is 2.30. The van der Waals surface area contributed by atoms with Crippen molar-refractivity contribution >= 4 is 12.0 Å². The predicted molar refractivity (Wildman–Crippen MR) is 56.5 cm³/mol. The number of benzene rings is 1. The first-order chi connectivity index (χ1) is 7.33. The molecule has 1 fully saturated rings. The van der Waals surface area contributed by atoms with Crippen molar-refractivity contribution in [3.63, 3.8) is 0 Å². The number of carbonyl (C=O) groups excluding carboxylic acids is 1. The van der Waals surface area contributed by atoms with Gasteiger partial charge in [0.2, 0.25) is 0 Å². The van der Waals surface area contributed by atoms with Crippen LogP contribution in [0.3, 0.4) is 0 Å². The van der Waals surface area contributed by atoms with Crippen molar-refractivity contribution in [3.05, 3.63) is 23.8 Å². The molecule has 0 atom stereocenters. The van der Waals surface area contributed by atoms with Gasteiger partial charge in [-0.05, 0) is 12.1 Å². The number of hydrogen-bond acceptors (Lipinski definition) is 4. The number of phenols is 1. The number of morpholine rings is 1. The van der Waals surface area contributed by atoms with E-state index in [1.54, 1.807) is 12.1 Å². The van der Waals surface area contributed by atoms with E-state index in [2.05, 4.69) is 0 Å². The lowest BCUT2D eigenvalue weighted by atomic mass is 10.1. The first-order valence-electron chi connectivity index (χ1n) is 4.93. The lowest BCUT2D eigenvalue weighted by Crippen LogP contribution is -2.36. The van der Waals surface area contributed by atoms with Crippen molar-refractivity contribution in [1.29, 1.82) is 0 Å². The van der Waals surface area contributed by atoms with Gasteiger partial charge in [0.1, 0.15) is 5.75 Å². The monoisotopic (exact) mass is 207 g/mol. The topological polar surface area (TPSA) is 49.8 Å². The maximum atomic E-state index is 10.7. The van der Waals surface area contributed by atoms with Crippen LogP contribution in [0.4, 0.5) is 5.69 Å². The number of carbonyl (C=O) groups is 1. The van der Waals surface area contributed by atoms with E-state index in [9.17, 15) is 9.90 Å². The zero-order valence-electron chi connectivity index (χ0n) is 8.35. The summed E-state index contributed by atoms with van der Waals surface area (Å²) in [4.78, 5) is 12.7. The molecule has 0 saturated carbocycles. The maximum Gasteiger partial charge on any atom is 0.153 e. The van der Waals surface area contributed by atoms with Crippen LogP contribution in [-0.4, -0.2) is 37.7 Å². The van der Waals surface area contributed by atoms with Gasteiger partial charge in [-0.2, -0.15) is 0 Å². The molecule has 1 saturated heterocycles. The third-order valence-corrected chi connectivity index (χ3v) is 2.52. The van der Waals surface area contributed by atoms with E-state index in [4.69, 9.17) is 4.74 Å². The van der Waals surface area contributed by atoms with Gasteiger partial charge in [0, 0.05) is 13.1 Å². The summed E-state index contributed by atoms with van der Waals surface area (Å²) in [6.07, 6.45) is 0.666. The summed E-state index contributed by atoms with van der Waals surface area (Å²) in [5, 5.41) is 9.83. The number of nitrogens with zero attached hydrogens (tertiary/aromatic N) is 1. The Morgan fingerprint density at radius 3 is 2.73 bits per heavy atom. The van der Waals surface area contributed by atoms with Crippen molar-refractivity contribution in [1.82, 2.24) is 0 Å². The van der Waals surface area contributed by atoms with Crippen molar-refractivity contribution in [2.45, 2.75) is 0 Å². The second kappa shape index (κ2) is 4.31. The first-order valence-corrected chi connectivity index (χ1v) is 4.93. The maximum absolute atomic E-state index is 10.7. The fourth-order valence-corrected chi connectivity index (χ4v) is 1.70. The van der Waals surface area contributed by atoms with E-state index in [1.807, 2.05) is 11.0 Å². The molecule has 0 unspecified atom stereocenters. The molecule has 15 heavy (non-hydrogen) atoms. The van der Waals surface area contributed by atoms with Gasteiger partial charge in [-0.15, -0.1) is 0 Å². The second-order valence-electron chi connectivity index (χ2n) is 3.43. The van der Waals surface area contributed by atoms with Gasteiger partial charge < -0.3 is 14.7 Å². The molecule has 1 aromatic carbocycles. The molecule has 1 aliphatic heterocycles. The highest BCUT2D eigenvalue weighted by Gasteiger charge is 2.15. The molecule has 0 radical (unpaired) electrons. The smallest absolute Gasteiger partial charge is 0.153 e. The average molecular weight is 207 g/mol. The first kappa shape index (κ1) is 9.98. The largest absolute Gasteiger partial charge is 0.505 e. The van der Waals surface area contributed by atoms with Crippen LogP contribution in [-0.2, 0) is 4.74 Å². The summed E-state index contributed by atoms with van der Waals surface area (Å²) in [5.74, 6) is 0.0643. The molecule has 1 N–H and O–H groups in total. The van der Waals surface area contributed by atoms with Crippen LogP contribution in [0.1, 0.15) is 10.4 Å². The van der Waals surface area contributed by atoms with Crippen molar-refractivity contribution in [2.75, 3.05) is 31.2 Å². The Morgan fingerprint density at radius 1 is 1.33 bits per heavy atom. The number of anilines is 1. The van der Waals surface area contributed by atoms with Crippen molar-refractivity contribution < 1.29 is 14.6 Å². The van der Waals surface area contributed by atoms with E-state index in [0.717, 1.165) is 13.1 Å². The van der Waals surface area contributed by atoms with Gasteiger partial charge >= 0.3 is 0 Å². The molecule has 0 aliphatic carbocycles. The van der Waals surface area contributed by atoms with Gasteiger partial charge in [-0.3, -0.25) is 4.79 Å². The molecule has 80 valence electrons. The molecular formula is C11H13NO3. The highest BCUT2D eigenvalue weighted by atomic mass is 16.5. The third kappa shape index (κ3) is 1.94. The Morgan fingerprint density at radius 2 is 2.07 bits per heavy atom. The zero-order valence-corrected chi connectivity index (χ0v) is 8.35.